The fourth-order valence-corrected chi connectivity index (χ4v) is 2.29. The maximum absolute atomic E-state index is 12.2. The van der Waals surface area contributed by atoms with Crippen molar-refractivity contribution in [1.29, 1.82) is 0 Å². The first kappa shape index (κ1) is 20.6. The van der Waals surface area contributed by atoms with E-state index in [1.165, 1.54) is 18.9 Å². The number of benzene rings is 1. The summed E-state index contributed by atoms with van der Waals surface area (Å²) < 4.78 is 9.58. The molecule has 0 aliphatic carbocycles. The van der Waals surface area contributed by atoms with Gasteiger partial charge in [-0.1, -0.05) is 36.9 Å². The van der Waals surface area contributed by atoms with Crippen LogP contribution in [-0.4, -0.2) is 43.1 Å². The van der Waals surface area contributed by atoms with E-state index >= 15 is 0 Å². The number of amides is 2. The highest BCUT2D eigenvalue weighted by atomic mass is 32.2. The molecule has 0 bridgehead atoms. The summed E-state index contributed by atoms with van der Waals surface area (Å²) >= 11 is 1.53. The number of hydrogen-bond donors (Lipinski definition) is 2. The number of carbonyl (C=O) groups is 3. The average molecular weight is 366 g/mol. The summed E-state index contributed by atoms with van der Waals surface area (Å²) in [7, 11) is 1.18. The molecule has 0 unspecified atom stereocenters. The van der Waals surface area contributed by atoms with Gasteiger partial charge in [0.15, 0.2) is 0 Å². The van der Waals surface area contributed by atoms with Crippen LogP contribution in [0.5, 0.6) is 0 Å². The average Bonchev–Trinajstić information content (AvgIpc) is 2.63. The van der Waals surface area contributed by atoms with Crippen LogP contribution >= 0.6 is 11.8 Å². The quantitative estimate of drug-likeness (QED) is 0.512. The van der Waals surface area contributed by atoms with Crippen molar-refractivity contribution < 1.29 is 23.9 Å². The molecule has 0 aliphatic rings. The Hall–Kier alpha value is -2.48. The standard InChI is InChI=1S/C17H22N2O5S/c1-12(16(21)23-2)18-15(20)14(9-10-25-3)19-17(22)24-11-13-7-5-4-6-8-13/h4-8,14H,1,9-11H2,2-3H3,(H,18,20)(H,19,22)/t14-/m0/s1. The minimum atomic E-state index is -0.850. The lowest BCUT2D eigenvalue weighted by Gasteiger charge is -2.18. The Morgan fingerprint density at radius 3 is 2.52 bits per heavy atom. The van der Waals surface area contributed by atoms with Crippen LogP contribution in [0, 0.1) is 0 Å². The molecule has 25 heavy (non-hydrogen) atoms. The van der Waals surface area contributed by atoms with Crippen LogP contribution in [0.4, 0.5) is 4.79 Å². The van der Waals surface area contributed by atoms with Crippen molar-refractivity contribution in [2.45, 2.75) is 19.1 Å². The van der Waals surface area contributed by atoms with Crippen molar-refractivity contribution in [2.24, 2.45) is 0 Å². The second-order valence-corrected chi connectivity index (χ2v) is 5.99. The molecule has 2 N–H and O–H groups in total. The van der Waals surface area contributed by atoms with E-state index in [1.54, 1.807) is 0 Å². The Kier molecular flexibility index (Phi) is 9.16. The molecule has 0 fully saturated rings. The largest absolute Gasteiger partial charge is 0.464 e. The van der Waals surface area contributed by atoms with E-state index in [-0.39, 0.29) is 12.3 Å². The summed E-state index contributed by atoms with van der Waals surface area (Å²) in [6.45, 7) is 3.52. The Morgan fingerprint density at radius 1 is 1.24 bits per heavy atom. The number of alkyl carbamates (subject to hydrolysis) is 1. The summed E-state index contributed by atoms with van der Waals surface area (Å²) in [5.41, 5.74) is 0.642. The molecule has 0 aliphatic heterocycles. The molecule has 1 aromatic carbocycles. The monoisotopic (exact) mass is 366 g/mol. The van der Waals surface area contributed by atoms with Gasteiger partial charge in [-0.05, 0) is 24.0 Å². The smallest absolute Gasteiger partial charge is 0.408 e. The van der Waals surface area contributed by atoms with Gasteiger partial charge in [0.25, 0.3) is 0 Å². The molecule has 1 aromatic rings. The van der Waals surface area contributed by atoms with E-state index in [9.17, 15) is 14.4 Å². The van der Waals surface area contributed by atoms with Crippen molar-refractivity contribution in [1.82, 2.24) is 10.6 Å². The number of methoxy groups -OCH3 is 1. The summed E-state index contributed by atoms with van der Waals surface area (Å²) in [4.78, 5) is 35.5. The first-order valence-corrected chi connectivity index (χ1v) is 8.91. The Morgan fingerprint density at radius 2 is 1.92 bits per heavy atom. The van der Waals surface area contributed by atoms with Gasteiger partial charge in [0.05, 0.1) is 7.11 Å². The first-order valence-electron chi connectivity index (χ1n) is 7.52. The molecule has 1 rings (SSSR count). The number of ether oxygens (including phenoxy) is 2. The molecule has 0 aromatic heterocycles. The summed E-state index contributed by atoms with van der Waals surface area (Å²) in [6, 6.07) is 8.34. The van der Waals surface area contributed by atoms with Gasteiger partial charge in [-0.3, -0.25) is 4.79 Å². The molecule has 136 valence electrons. The topological polar surface area (TPSA) is 93.7 Å². The third-order valence-electron chi connectivity index (χ3n) is 3.14. The Balaban J connectivity index is 2.58. The summed E-state index contributed by atoms with van der Waals surface area (Å²) in [6.07, 6.45) is 1.55. The van der Waals surface area contributed by atoms with Crippen LogP contribution in [0.1, 0.15) is 12.0 Å². The molecule has 0 saturated carbocycles. The summed E-state index contributed by atoms with van der Waals surface area (Å²) in [5, 5.41) is 4.84. The number of rotatable bonds is 9. The Labute approximate surface area is 151 Å². The second-order valence-electron chi connectivity index (χ2n) is 5.00. The van der Waals surface area contributed by atoms with E-state index in [4.69, 9.17) is 4.74 Å². The highest BCUT2D eigenvalue weighted by Crippen LogP contribution is 2.04. The van der Waals surface area contributed by atoms with E-state index < -0.39 is 24.0 Å². The van der Waals surface area contributed by atoms with E-state index in [2.05, 4.69) is 21.9 Å². The predicted octanol–water partition coefficient (Wildman–Crippen LogP) is 1.84. The number of hydrogen-bond acceptors (Lipinski definition) is 6. The molecule has 1 atom stereocenters. The predicted molar refractivity (Wildman–Crippen MR) is 95.8 cm³/mol. The number of carbonyl (C=O) groups excluding carboxylic acids is 3. The molecule has 0 saturated heterocycles. The zero-order valence-electron chi connectivity index (χ0n) is 14.2. The fourth-order valence-electron chi connectivity index (χ4n) is 1.82. The molecular formula is C17H22N2O5S. The van der Waals surface area contributed by atoms with Crippen LogP contribution in [0.2, 0.25) is 0 Å². The third-order valence-corrected chi connectivity index (χ3v) is 3.78. The fraction of sp³-hybridized carbons (Fsp3) is 0.353. The zero-order chi connectivity index (χ0) is 18.7. The molecule has 7 nitrogen and oxygen atoms in total. The van der Waals surface area contributed by atoms with Crippen LogP contribution in [-0.2, 0) is 25.7 Å². The van der Waals surface area contributed by atoms with Gasteiger partial charge in [0.1, 0.15) is 18.3 Å². The highest BCUT2D eigenvalue weighted by molar-refractivity contribution is 7.98. The van der Waals surface area contributed by atoms with Crippen molar-refractivity contribution in [3.8, 4) is 0 Å². The molecule has 0 radical (unpaired) electrons. The van der Waals surface area contributed by atoms with Crippen molar-refractivity contribution in [3.05, 3.63) is 48.2 Å². The van der Waals surface area contributed by atoms with E-state index in [0.717, 1.165) is 5.56 Å². The van der Waals surface area contributed by atoms with Crippen molar-refractivity contribution >= 4 is 29.7 Å². The number of nitrogens with one attached hydrogen (secondary N) is 2. The Bertz CT molecular complexity index is 606. The van der Waals surface area contributed by atoms with Crippen molar-refractivity contribution in [2.75, 3.05) is 19.1 Å². The molecule has 8 heteroatoms. The molecule has 0 heterocycles. The van der Waals surface area contributed by atoms with Gasteiger partial charge in [0.2, 0.25) is 5.91 Å². The molecular weight excluding hydrogens is 344 g/mol. The first-order chi connectivity index (χ1) is 12.0. The van der Waals surface area contributed by atoms with Crippen LogP contribution in [0.25, 0.3) is 0 Å². The maximum Gasteiger partial charge on any atom is 0.408 e. The third kappa shape index (κ3) is 7.75. The van der Waals surface area contributed by atoms with Gasteiger partial charge >= 0.3 is 12.1 Å². The van der Waals surface area contributed by atoms with Gasteiger partial charge in [-0.2, -0.15) is 11.8 Å². The maximum atomic E-state index is 12.2. The minimum absolute atomic E-state index is 0.0956. The van der Waals surface area contributed by atoms with Gasteiger partial charge in [-0.15, -0.1) is 0 Å². The molecule has 0 spiro atoms. The number of esters is 1. The summed E-state index contributed by atoms with van der Waals surface area (Å²) in [5.74, 6) is -0.661. The second kappa shape index (κ2) is 11.1. The lowest BCUT2D eigenvalue weighted by molar-refractivity contribution is -0.138. The van der Waals surface area contributed by atoms with Crippen LogP contribution in [0.3, 0.4) is 0 Å². The van der Waals surface area contributed by atoms with Gasteiger partial charge in [0, 0.05) is 0 Å². The molecule has 2 amide bonds. The highest BCUT2D eigenvalue weighted by Gasteiger charge is 2.23. The van der Waals surface area contributed by atoms with Gasteiger partial charge in [-0.25, -0.2) is 9.59 Å². The lowest BCUT2D eigenvalue weighted by atomic mass is 10.2. The SMILES string of the molecule is C=C(NC(=O)[C@H](CCSC)NC(=O)OCc1ccccc1)C(=O)OC. The zero-order valence-corrected chi connectivity index (χ0v) is 15.1. The van der Waals surface area contributed by atoms with Crippen LogP contribution in [0.15, 0.2) is 42.6 Å². The van der Waals surface area contributed by atoms with E-state index in [1.807, 2.05) is 36.6 Å². The van der Waals surface area contributed by atoms with Crippen molar-refractivity contribution in [3.63, 3.8) is 0 Å². The minimum Gasteiger partial charge on any atom is -0.464 e. The van der Waals surface area contributed by atoms with Crippen LogP contribution < -0.4 is 10.6 Å². The van der Waals surface area contributed by atoms with Gasteiger partial charge < -0.3 is 20.1 Å². The lowest BCUT2D eigenvalue weighted by Crippen LogP contribution is -2.47. The number of thioether (sulfide) groups is 1. The normalized spacial score (nSPS) is 11.1. The van der Waals surface area contributed by atoms with E-state index in [0.29, 0.717) is 12.2 Å².